The molecular formula is C22H26N2O4. The molecular weight excluding hydrogens is 356 g/mol. The molecule has 0 atom stereocenters. The maximum Gasteiger partial charge on any atom is 0.338 e. The molecule has 28 heavy (non-hydrogen) atoms. The van der Waals surface area contributed by atoms with Crippen LogP contribution >= 0.6 is 0 Å². The van der Waals surface area contributed by atoms with Crippen molar-refractivity contribution >= 4 is 23.5 Å². The number of carbonyl (C=O) groups is 3. The number of amides is 2. The molecule has 0 spiro atoms. The van der Waals surface area contributed by atoms with Crippen LogP contribution in [-0.2, 0) is 20.7 Å². The third-order valence-electron chi connectivity index (χ3n) is 4.16. The van der Waals surface area contributed by atoms with Crippen LogP contribution in [0.2, 0.25) is 0 Å². The average molecular weight is 382 g/mol. The summed E-state index contributed by atoms with van der Waals surface area (Å²) >= 11 is 0. The number of hydrogen-bond acceptors (Lipinski definition) is 4. The number of nitrogens with one attached hydrogen (secondary N) is 2. The lowest BCUT2D eigenvalue weighted by molar-refractivity contribution is -0.124. The van der Waals surface area contributed by atoms with E-state index in [1.54, 1.807) is 12.1 Å². The van der Waals surface area contributed by atoms with E-state index in [0.29, 0.717) is 30.1 Å². The molecule has 0 aliphatic heterocycles. The molecule has 0 aromatic heterocycles. The van der Waals surface area contributed by atoms with Crippen molar-refractivity contribution in [2.45, 2.75) is 33.1 Å². The van der Waals surface area contributed by atoms with Crippen LogP contribution in [0.15, 0.2) is 48.5 Å². The third-order valence-corrected chi connectivity index (χ3v) is 4.16. The summed E-state index contributed by atoms with van der Waals surface area (Å²) < 4.78 is 5.02. The second-order valence-corrected chi connectivity index (χ2v) is 6.83. The lowest BCUT2D eigenvalue weighted by atomic mass is 10.0. The van der Waals surface area contributed by atoms with E-state index in [4.69, 9.17) is 4.74 Å². The Morgan fingerprint density at radius 3 is 2.18 bits per heavy atom. The first-order valence-corrected chi connectivity index (χ1v) is 9.25. The molecule has 148 valence electrons. The lowest BCUT2D eigenvalue weighted by Gasteiger charge is -2.09. The van der Waals surface area contributed by atoms with Crippen molar-refractivity contribution in [3.63, 3.8) is 0 Å². The lowest BCUT2D eigenvalue weighted by Crippen LogP contribution is -2.30. The highest BCUT2D eigenvalue weighted by molar-refractivity contribution is 5.93. The smallest absolute Gasteiger partial charge is 0.338 e. The molecule has 0 bridgehead atoms. The highest BCUT2D eigenvalue weighted by Crippen LogP contribution is 2.14. The summed E-state index contributed by atoms with van der Waals surface area (Å²) in [7, 11) is 0. The molecule has 2 aromatic rings. The minimum Gasteiger partial charge on any atom is -0.452 e. The van der Waals surface area contributed by atoms with E-state index >= 15 is 0 Å². The second kappa shape index (κ2) is 10.3. The standard InChI is InChI=1S/C22H26N2O4/c1-15(2)18-6-4-17(5-7-18)12-13-23-21(26)14-28-22(27)19-8-10-20(11-9-19)24-16(3)25/h4-11,15H,12-14H2,1-3H3,(H,23,26)(H,24,25). The van der Waals surface area contributed by atoms with Crippen molar-refractivity contribution in [1.82, 2.24) is 5.32 Å². The Morgan fingerprint density at radius 2 is 1.61 bits per heavy atom. The first-order chi connectivity index (χ1) is 13.3. The number of esters is 1. The number of hydrogen-bond donors (Lipinski definition) is 2. The largest absolute Gasteiger partial charge is 0.452 e. The third kappa shape index (κ3) is 6.87. The van der Waals surface area contributed by atoms with Gasteiger partial charge < -0.3 is 15.4 Å². The van der Waals surface area contributed by atoms with Crippen LogP contribution in [0.1, 0.15) is 48.2 Å². The summed E-state index contributed by atoms with van der Waals surface area (Å²) in [4.78, 5) is 34.8. The summed E-state index contributed by atoms with van der Waals surface area (Å²) in [6, 6.07) is 14.6. The zero-order valence-electron chi connectivity index (χ0n) is 16.5. The van der Waals surface area contributed by atoms with Crippen molar-refractivity contribution < 1.29 is 19.1 Å². The Balaban J connectivity index is 1.71. The van der Waals surface area contributed by atoms with Gasteiger partial charge in [-0.15, -0.1) is 0 Å². The summed E-state index contributed by atoms with van der Waals surface area (Å²) in [6.07, 6.45) is 0.711. The molecule has 0 unspecified atom stereocenters. The van der Waals surface area contributed by atoms with Crippen molar-refractivity contribution in [3.05, 3.63) is 65.2 Å². The van der Waals surface area contributed by atoms with E-state index in [-0.39, 0.29) is 18.4 Å². The predicted molar refractivity (Wildman–Crippen MR) is 108 cm³/mol. The summed E-state index contributed by atoms with van der Waals surface area (Å²) in [6.45, 7) is 5.84. The van der Waals surface area contributed by atoms with E-state index in [0.717, 1.165) is 5.56 Å². The first kappa shape index (κ1) is 21.2. The van der Waals surface area contributed by atoms with Crippen LogP contribution in [0, 0.1) is 0 Å². The molecule has 2 rings (SSSR count). The van der Waals surface area contributed by atoms with Gasteiger partial charge in [0, 0.05) is 19.2 Å². The predicted octanol–water partition coefficient (Wildman–Crippen LogP) is 3.28. The fourth-order valence-corrected chi connectivity index (χ4v) is 2.57. The monoisotopic (exact) mass is 382 g/mol. The normalized spacial score (nSPS) is 10.4. The molecule has 6 nitrogen and oxygen atoms in total. The second-order valence-electron chi connectivity index (χ2n) is 6.83. The van der Waals surface area contributed by atoms with Gasteiger partial charge in [0.15, 0.2) is 6.61 Å². The number of carbonyl (C=O) groups excluding carboxylic acids is 3. The van der Waals surface area contributed by atoms with E-state index < -0.39 is 5.97 Å². The molecule has 2 N–H and O–H groups in total. The molecule has 0 heterocycles. The molecule has 6 heteroatoms. The Morgan fingerprint density at radius 1 is 0.964 bits per heavy atom. The van der Waals surface area contributed by atoms with Gasteiger partial charge in [0.1, 0.15) is 0 Å². The van der Waals surface area contributed by atoms with Crippen LogP contribution in [0.4, 0.5) is 5.69 Å². The Labute approximate surface area is 165 Å². The van der Waals surface area contributed by atoms with Gasteiger partial charge in [0.05, 0.1) is 5.56 Å². The zero-order valence-corrected chi connectivity index (χ0v) is 16.5. The van der Waals surface area contributed by atoms with Gasteiger partial charge in [-0.2, -0.15) is 0 Å². The fraction of sp³-hybridized carbons (Fsp3) is 0.318. The molecule has 0 saturated heterocycles. The fourth-order valence-electron chi connectivity index (χ4n) is 2.57. The van der Waals surface area contributed by atoms with E-state index in [9.17, 15) is 14.4 Å². The molecule has 0 aliphatic carbocycles. The van der Waals surface area contributed by atoms with E-state index in [2.05, 4.69) is 48.7 Å². The van der Waals surface area contributed by atoms with Crippen LogP contribution in [0.5, 0.6) is 0 Å². The van der Waals surface area contributed by atoms with Gasteiger partial charge in [-0.05, 0) is 47.7 Å². The van der Waals surface area contributed by atoms with Crippen LogP contribution in [-0.4, -0.2) is 30.9 Å². The van der Waals surface area contributed by atoms with Crippen LogP contribution in [0.3, 0.4) is 0 Å². The summed E-state index contributed by atoms with van der Waals surface area (Å²) in [5, 5.41) is 5.35. The Hall–Kier alpha value is -3.15. The van der Waals surface area contributed by atoms with Gasteiger partial charge in [-0.3, -0.25) is 9.59 Å². The summed E-state index contributed by atoms with van der Waals surface area (Å²) in [5.41, 5.74) is 3.32. The quantitative estimate of drug-likeness (QED) is 0.686. The van der Waals surface area contributed by atoms with Crippen LogP contribution in [0.25, 0.3) is 0 Å². The highest BCUT2D eigenvalue weighted by atomic mass is 16.5. The van der Waals surface area contributed by atoms with E-state index in [1.807, 2.05) is 0 Å². The van der Waals surface area contributed by atoms with Gasteiger partial charge in [0.25, 0.3) is 5.91 Å². The SMILES string of the molecule is CC(=O)Nc1ccc(C(=O)OCC(=O)NCCc2ccc(C(C)C)cc2)cc1. The van der Waals surface area contributed by atoms with Crippen molar-refractivity contribution in [2.24, 2.45) is 0 Å². The van der Waals surface area contributed by atoms with Crippen molar-refractivity contribution in [2.75, 3.05) is 18.5 Å². The molecule has 0 aliphatic rings. The van der Waals surface area contributed by atoms with Crippen LogP contribution < -0.4 is 10.6 Å². The molecule has 0 fully saturated rings. The summed E-state index contributed by atoms with van der Waals surface area (Å²) in [5.74, 6) is -0.635. The maximum absolute atomic E-state index is 12.0. The van der Waals surface area contributed by atoms with Gasteiger partial charge >= 0.3 is 5.97 Å². The number of ether oxygens (including phenoxy) is 1. The molecule has 0 radical (unpaired) electrons. The Bertz CT molecular complexity index is 811. The molecule has 0 saturated carbocycles. The minimum absolute atomic E-state index is 0.192. The Kier molecular flexibility index (Phi) is 7.75. The van der Waals surface area contributed by atoms with Gasteiger partial charge in [0.2, 0.25) is 5.91 Å². The molecule has 2 amide bonds. The minimum atomic E-state index is -0.589. The zero-order chi connectivity index (χ0) is 20.5. The molecule has 2 aromatic carbocycles. The topological polar surface area (TPSA) is 84.5 Å². The highest BCUT2D eigenvalue weighted by Gasteiger charge is 2.10. The number of anilines is 1. The van der Waals surface area contributed by atoms with Gasteiger partial charge in [-0.1, -0.05) is 38.1 Å². The van der Waals surface area contributed by atoms with E-state index in [1.165, 1.54) is 24.6 Å². The van der Waals surface area contributed by atoms with Gasteiger partial charge in [-0.25, -0.2) is 4.79 Å². The first-order valence-electron chi connectivity index (χ1n) is 9.25. The van der Waals surface area contributed by atoms with Crippen molar-refractivity contribution in [1.29, 1.82) is 0 Å². The average Bonchev–Trinajstić information content (AvgIpc) is 2.66. The number of benzene rings is 2. The number of rotatable bonds is 8. The maximum atomic E-state index is 12.0. The van der Waals surface area contributed by atoms with Crippen molar-refractivity contribution in [3.8, 4) is 0 Å².